The highest BCUT2D eigenvalue weighted by Crippen LogP contribution is 2.25. The molecular formula is C11H17NO2. The monoisotopic (exact) mass is 195 g/mol. The van der Waals surface area contributed by atoms with Gasteiger partial charge in [-0.1, -0.05) is 38.1 Å². The van der Waals surface area contributed by atoms with E-state index in [0.29, 0.717) is 6.54 Å². The molecule has 0 aromatic heterocycles. The summed E-state index contributed by atoms with van der Waals surface area (Å²) < 4.78 is 0. The van der Waals surface area contributed by atoms with E-state index in [0.717, 1.165) is 11.1 Å². The lowest BCUT2D eigenvalue weighted by atomic mass is 9.82. The van der Waals surface area contributed by atoms with Crippen molar-refractivity contribution >= 4 is 0 Å². The van der Waals surface area contributed by atoms with E-state index in [2.05, 4.69) is 5.48 Å². The van der Waals surface area contributed by atoms with E-state index in [-0.39, 0.29) is 12.0 Å². The molecule has 0 heterocycles. The number of hydrogen-bond donors (Lipinski definition) is 3. The van der Waals surface area contributed by atoms with Crippen LogP contribution in [-0.4, -0.2) is 16.9 Å². The highest BCUT2D eigenvalue weighted by molar-refractivity contribution is 5.33. The van der Waals surface area contributed by atoms with Gasteiger partial charge in [-0.2, -0.15) is 0 Å². The summed E-state index contributed by atoms with van der Waals surface area (Å²) in [6, 6.07) is 7.77. The Morgan fingerprint density at radius 3 is 2.50 bits per heavy atom. The predicted molar refractivity (Wildman–Crippen MR) is 55.2 cm³/mol. The van der Waals surface area contributed by atoms with Gasteiger partial charge in [-0.05, 0) is 11.1 Å². The van der Waals surface area contributed by atoms with Gasteiger partial charge in [-0.15, -0.1) is 0 Å². The molecule has 0 fully saturated rings. The molecular weight excluding hydrogens is 178 g/mol. The number of hydroxylamine groups is 1. The minimum Gasteiger partial charge on any atom is -0.395 e. The minimum absolute atomic E-state index is 0.0927. The van der Waals surface area contributed by atoms with Crippen LogP contribution in [0.1, 0.15) is 25.0 Å². The lowest BCUT2D eigenvalue weighted by Gasteiger charge is -2.25. The van der Waals surface area contributed by atoms with Crippen LogP contribution in [0.15, 0.2) is 24.3 Å². The molecule has 0 radical (unpaired) electrons. The van der Waals surface area contributed by atoms with Crippen molar-refractivity contribution in [1.29, 1.82) is 0 Å². The maximum absolute atomic E-state index is 9.26. The normalized spacial score (nSPS) is 11.7. The van der Waals surface area contributed by atoms with Gasteiger partial charge in [0.1, 0.15) is 0 Å². The summed E-state index contributed by atoms with van der Waals surface area (Å²) >= 11 is 0. The Hall–Kier alpha value is -0.900. The topological polar surface area (TPSA) is 52.5 Å². The molecule has 1 aromatic carbocycles. The quantitative estimate of drug-likeness (QED) is 0.637. The Morgan fingerprint density at radius 1 is 1.29 bits per heavy atom. The van der Waals surface area contributed by atoms with Gasteiger partial charge in [0.05, 0.1) is 6.61 Å². The first-order valence-electron chi connectivity index (χ1n) is 4.68. The van der Waals surface area contributed by atoms with Gasteiger partial charge < -0.3 is 10.3 Å². The molecule has 1 rings (SSSR count). The van der Waals surface area contributed by atoms with Gasteiger partial charge in [0.25, 0.3) is 0 Å². The molecule has 0 saturated heterocycles. The zero-order valence-electron chi connectivity index (χ0n) is 8.62. The molecule has 3 N–H and O–H groups in total. The van der Waals surface area contributed by atoms with Crippen LogP contribution in [0.3, 0.4) is 0 Å². The van der Waals surface area contributed by atoms with E-state index < -0.39 is 0 Å². The summed E-state index contributed by atoms with van der Waals surface area (Å²) in [6.07, 6.45) is 0. The Labute approximate surface area is 84.3 Å². The number of aliphatic hydroxyl groups excluding tert-OH is 1. The summed E-state index contributed by atoms with van der Waals surface area (Å²) in [6.45, 7) is 4.45. The van der Waals surface area contributed by atoms with Crippen LogP contribution in [0.2, 0.25) is 0 Å². The summed E-state index contributed by atoms with van der Waals surface area (Å²) in [4.78, 5) is 0. The maximum atomic E-state index is 9.26. The zero-order chi connectivity index (χ0) is 10.6. The van der Waals surface area contributed by atoms with Crippen molar-refractivity contribution < 1.29 is 10.3 Å². The van der Waals surface area contributed by atoms with Crippen molar-refractivity contribution in [3.8, 4) is 0 Å². The van der Waals surface area contributed by atoms with Crippen molar-refractivity contribution in [1.82, 2.24) is 5.48 Å². The van der Waals surface area contributed by atoms with Crippen LogP contribution < -0.4 is 5.48 Å². The van der Waals surface area contributed by atoms with E-state index in [4.69, 9.17) is 5.21 Å². The third-order valence-electron chi connectivity index (χ3n) is 2.41. The van der Waals surface area contributed by atoms with Crippen molar-refractivity contribution in [2.24, 2.45) is 0 Å². The molecule has 0 atom stereocenters. The fourth-order valence-electron chi connectivity index (χ4n) is 1.51. The third-order valence-corrected chi connectivity index (χ3v) is 2.41. The molecule has 0 aliphatic heterocycles. The highest BCUT2D eigenvalue weighted by Gasteiger charge is 2.21. The van der Waals surface area contributed by atoms with Crippen molar-refractivity contribution in [3.63, 3.8) is 0 Å². The number of hydrogen-bond acceptors (Lipinski definition) is 3. The molecule has 0 spiro atoms. The van der Waals surface area contributed by atoms with Gasteiger partial charge in [0, 0.05) is 12.0 Å². The van der Waals surface area contributed by atoms with Crippen molar-refractivity contribution in [3.05, 3.63) is 35.4 Å². The summed E-state index contributed by atoms with van der Waals surface area (Å²) in [5.41, 5.74) is 3.94. The fourth-order valence-corrected chi connectivity index (χ4v) is 1.51. The van der Waals surface area contributed by atoms with Crippen LogP contribution >= 0.6 is 0 Å². The number of nitrogens with one attached hydrogen (secondary N) is 1. The number of benzene rings is 1. The fraction of sp³-hybridized carbons (Fsp3) is 0.455. The Morgan fingerprint density at radius 2 is 1.93 bits per heavy atom. The average Bonchev–Trinajstić information content (AvgIpc) is 2.19. The second-order valence-corrected chi connectivity index (χ2v) is 4.03. The zero-order valence-corrected chi connectivity index (χ0v) is 8.62. The molecule has 78 valence electrons. The molecule has 0 saturated carbocycles. The van der Waals surface area contributed by atoms with Crippen LogP contribution in [0, 0.1) is 0 Å². The van der Waals surface area contributed by atoms with Crippen molar-refractivity contribution in [2.45, 2.75) is 25.8 Å². The SMILES string of the molecule is CC(C)(CO)c1ccccc1CNO. The lowest BCUT2D eigenvalue weighted by molar-refractivity contribution is 0.159. The lowest BCUT2D eigenvalue weighted by Crippen LogP contribution is -2.25. The maximum Gasteiger partial charge on any atom is 0.0522 e. The highest BCUT2D eigenvalue weighted by atomic mass is 16.5. The standard InChI is InChI=1S/C11H17NO2/c1-11(2,8-13)10-6-4-3-5-9(10)7-12-14/h3-6,12-14H,7-8H2,1-2H3. The summed E-state index contributed by atoms with van der Waals surface area (Å²) in [7, 11) is 0. The first kappa shape index (κ1) is 11.2. The number of aliphatic hydroxyl groups is 1. The van der Waals surface area contributed by atoms with Gasteiger partial charge in [0.15, 0.2) is 0 Å². The van der Waals surface area contributed by atoms with Crippen LogP contribution in [-0.2, 0) is 12.0 Å². The second kappa shape index (κ2) is 4.55. The third kappa shape index (κ3) is 2.32. The summed E-state index contributed by atoms with van der Waals surface area (Å²) in [5.74, 6) is 0. The Kier molecular flexibility index (Phi) is 3.63. The average molecular weight is 195 g/mol. The van der Waals surface area contributed by atoms with Gasteiger partial charge in [-0.3, -0.25) is 0 Å². The first-order valence-corrected chi connectivity index (χ1v) is 4.68. The molecule has 0 unspecified atom stereocenters. The molecule has 0 aliphatic rings. The van der Waals surface area contributed by atoms with E-state index in [1.807, 2.05) is 38.1 Å². The summed E-state index contributed by atoms with van der Waals surface area (Å²) in [5, 5.41) is 17.9. The van der Waals surface area contributed by atoms with E-state index in [9.17, 15) is 5.11 Å². The van der Waals surface area contributed by atoms with Crippen LogP contribution in [0.4, 0.5) is 0 Å². The molecule has 1 aromatic rings. The van der Waals surface area contributed by atoms with Gasteiger partial charge >= 0.3 is 0 Å². The van der Waals surface area contributed by atoms with Crippen LogP contribution in [0.5, 0.6) is 0 Å². The minimum atomic E-state index is -0.270. The smallest absolute Gasteiger partial charge is 0.0522 e. The largest absolute Gasteiger partial charge is 0.395 e. The molecule has 14 heavy (non-hydrogen) atoms. The van der Waals surface area contributed by atoms with Crippen molar-refractivity contribution in [2.75, 3.05) is 6.61 Å². The van der Waals surface area contributed by atoms with E-state index in [1.54, 1.807) is 0 Å². The van der Waals surface area contributed by atoms with E-state index >= 15 is 0 Å². The van der Waals surface area contributed by atoms with Crippen LogP contribution in [0.25, 0.3) is 0 Å². The Bertz CT molecular complexity index is 297. The van der Waals surface area contributed by atoms with Gasteiger partial charge in [0.2, 0.25) is 0 Å². The Balaban J connectivity index is 3.06. The molecule has 0 bridgehead atoms. The molecule has 0 aliphatic carbocycles. The predicted octanol–water partition coefficient (Wildman–Crippen LogP) is 1.44. The molecule has 3 nitrogen and oxygen atoms in total. The van der Waals surface area contributed by atoms with E-state index in [1.165, 1.54) is 0 Å². The molecule has 0 amide bonds. The molecule has 3 heteroatoms. The first-order chi connectivity index (χ1) is 6.61. The second-order valence-electron chi connectivity index (χ2n) is 4.03. The van der Waals surface area contributed by atoms with Gasteiger partial charge in [-0.25, -0.2) is 5.48 Å². The number of rotatable bonds is 4.